The third kappa shape index (κ3) is 9.68. The third-order valence-corrected chi connectivity index (χ3v) is 3.59. The standard InChI is InChI=1S/C19H31F2N3O2/c1-3-5-12-25-14-15-26-13-11-24-19(22-4-2)23-10-9-16-17(20)7-6-8-18(16)21/h6-8H,3-5,9-15H2,1-2H3,(H2,22,23,24). The van der Waals surface area contributed by atoms with Crippen LogP contribution in [0.2, 0.25) is 0 Å². The van der Waals surface area contributed by atoms with Crippen molar-refractivity contribution in [2.45, 2.75) is 33.1 Å². The molecule has 7 heteroatoms. The number of hydrogen-bond donors (Lipinski definition) is 2. The molecule has 0 saturated carbocycles. The van der Waals surface area contributed by atoms with E-state index in [0.717, 1.165) is 19.4 Å². The molecular formula is C19H31F2N3O2. The van der Waals surface area contributed by atoms with Crippen LogP contribution < -0.4 is 10.6 Å². The topological polar surface area (TPSA) is 54.9 Å². The Balaban J connectivity index is 2.24. The normalized spacial score (nSPS) is 11.6. The van der Waals surface area contributed by atoms with Crippen molar-refractivity contribution in [2.24, 2.45) is 4.99 Å². The second kappa shape index (κ2) is 14.4. The highest BCUT2D eigenvalue weighted by Gasteiger charge is 2.08. The predicted octanol–water partition coefficient (Wildman–Crippen LogP) is 2.90. The fourth-order valence-corrected chi connectivity index (χ4v) is 2.21. The molecule has 0 amide bonds. The number of nitrogens with zero attached hydrogens (tertiary/aromatic N) is 1. The van der Waals surface area contributed by atoms with Gasteiger partial charge in [0.25, 0.3) is 0 Å². The molecule has 0 unspecified atom stereocenters. The van der Waals surface area contributed by atoms with E-state index in [2.05, 4.69) is 22.5 Å². The molecule has 1 aromatic rings. The molecular weight excluding hydrogens is 340 g/mol. The van der Waals surface area contributed by atoms with Crippen LogP contribution in [0, 0.1) is 11.6 Å². The zero-order chi connectivity index (χ0) is 19.0. The van der Waals surface area contributed by atoms with Crippen LogP contribution in [0.15, 0.2) is 23.2 Å². The minimum atomic E-state index is -0.525. The van der Waals surface area contributed by atoms with E-state index in [-0.39, 0.29) is 12.0 Å². The van der Waals surface area contributed by atoms with Gasteiger partial charge in [-0.2, -0.15) is 0 Å². The van der Waals surface area contributed by atoms with Gasteiger partial charge in [-0.1, -0.05) is 19.4 Å². The summed E-state index contributed by atoms with van der Waals surface area (Å²) in [5.41, 5.74) is 0.0854. The van der Waals surface area contributed by atoms with Crippen molar-refractivity contribution in [1.29, 1.82) is 0 Å². The first-order valence-electron chi connectivity index (χ1n) is 9.29. The van der Waals surface area contributed by atoms with Gasteiger partial charge in [-0.3, -0.25) is 4.99 Å². The number of aliphatic imine (C=N–C) groups is 1. The van der Waals surface area contributed by atoms with Crippen LogP contribution >= 0.6 is 0 Å². The molecule has 0 bridgehead atoms. The van der Waals surface area contributed by atoms with Crippen LogP contribution in [0.4, 0.5) is 8.78 Å². The van der Waals surface area contributed by atoms with E-state index in [1.807, 2.05) is 6.92 Å². The highest BCUT2D eigenvalue weighted by molar-refractivity contribution is 5.79. The van der Waals surface area contributed by atoms with Crippen molar-refractivity contribution in [2.75, 3.05) is 46.1 Å². The monoisotopic (exact) mass is 371 g/mol. The Morgan fingerprint density at radius 1 is 1.00 bits per heavy atom. The SMILES string of the molecule is CCCCOCCOCCN=C(NCC)NCCc1c(F)cccc1F. The summed E-state index contributed by atoms with van der Waals surface area (Å²) in [7, 11) is 0. The maximum atomic E-state index is 13.6. The first-order valence-corrected chi connectivity index (χ1v) is 9.29. The first-order chi connectivity index (χ1) is 12.7. The molecule has 26 heavy (non-hydrogen) atoms. The molecule has 0 spiro atoms. The average molecular weight is 371 g/mol. The highest BCUT2D eigenvalue weighted by atomic mass is 19.1. The van der Waals surface area contributed by atoms with Gasteiger partial charge in [0.2, 0.25) is 0 Å². The van der Waals surface area contributed by atoms with Crippen LogP contribution in [0.25, 0.3) is 0 Å². The molecule has 1 aromatic carbocycles. The Hall–Kier alpha value is -1.73. The Morgan fingerprint density at radius 2 is 1.69 bits per heavy atom. The van der Waals surface area contributed by atoms with E-state index >= 15 is 0 Å². The van der Waals surface area contributed by atoms with Gasteiger partial charge in [-0.15, -0.1) is 0 Å². The highest BCUT2D eigenvalue weighted by Crippen LogP contribution is 2.11. The maximum absolute atomic E-state index is 13.6. The van der Waals surface area contributed by atoms with Crippen molar-refractivity contribution < 1.29 is 18.3 Å². The minimum Gasteiger partial charge on any atom is -0.379 e. The van der Waals surface area contributed by atoms with Crippen molar-refractivity contribution >= 4 is 5.96 Å². The zero-order valence-corrected chi connectivity index (χ0v) is 15.8. The van der Waals surface area contributed by atoms with Gasteiger partial charge in [0.05, 0.1) is 26.4 Å². The molecule has 0 heterocycles. The number of ether oxygens (including phenoxy) is 2. The summed E-state index contributed by atoms with van der Waals surface area (Å²) in [5.74, 6) is -0.446. The molecule has 0 aliphatic rings. The number of halogens is 2. The molecule has 5 nitrogen and oxygen atoms in total. The second-order valence-electron chi connectivity index (χ2n) is 5.72. The molecule has 148 valence electrons. The lowest BCUT2D eigenvalue weighted by Gasteiger charge is -2.12. The molecule has 0 fully saturated rings. The number of hydrogen-bond acceptors (Lipinski definition) is 3. The van der Waals surface area contributed by atoms with Crippen molar-refractivity contribution in [1.82, 2.24) is 10.6 Å². The summed E-state index contributed by atoms with van der Waals surface area (Å²) in [4.78, 5) is 4.38. The predicted molar refractivity (Wildman–Crippen MR) is 101 cm³/mol. The molecule has 0 aliphatic carbocycles. The lowest BCUT2D eigenvalue weighted by molar-refractivity contribution is 0.0497. The Kier molecular flexibility index (Phi) is 12.4. The number of benzene rings is 1. The summed E-state index contributed by atoms with van der Waals surface area (Å²) in [5, 5.41) is 6.17. The van der Waals surface area contributed by atoms with Gasteiger partial charge in [-0.25, -0.2) is 8.78 Å². The van der Waals surface area contributed by atoms with Crippen molar-refractivity contribution in [3.05, 3.63) is 35.4 Å². The molecule has 1 rings (SSSR count). The maximum Gasteiger partial charge on any atom is 0.191 e. The Bertz CT molecular complexity index is 507. The smallest absolute Gasteiger partial charge is 0.191 e. The van der Waals surface area contributed by atoms with Crippen LogP contribution in [0.5, 0.6) is 0 Å². The summed E-state index contributed by atoms with van der Waals surface area (Å²) < 4.78 is 38.1. The Labute approximate surface area is 155 Å². The zero-order valence-electron chi connectivity index (χ0n) is 15.8. The average Bonchev–Trinajstić information content (AvgIpc) is 2.62. The number of guanidine groups is 1. The molecule has 0 atom stereocenters. The first kappa shape index (κ1) is 22.3. The molecule has 0 aliphatic heterocycles. The van der Waals surface area contributed by atoms with Gasteiger partial charge in [0.1, 0.15) is 11.6 Å². The van der Waals surface area contributed by atoms with E-state index in [4.69, 9.17) is 9.47 Å². The third-order valence-electron chi connectivity index (χ3n) is 3.59. The lowest BCUT2D eigenvalue weighted by Crippen LogP contribution is -2.38. The van der Waals surface area contributed by atoms with Gasteiger partial charge < -0.3 is 20.1 Å². The van der Waals surface area contributed by atoms with Gasteiger partial charge >= 0.3 is 0 Å². The van der Waals surface area contributed by atoms with E-state index in [0.29, 0.717) is 45.4 Å². The van der Waals surface area contributed by atoms with Gasteiger partial charge in [0.15, 0.2) is 5.96 Å². The number of rotatable bonds is 13. The minimum absolute atomic E-state index is 0.0854. The largest absolute Gasteiger partial charge is 0.379 e. The molecule has 0 saturated heterocycles. The van der Waals surface area contributed by atoms with Crippen molar-refractivity contribution in [3.8, 4) is 0 Å². The van der Waals surface area contributed by atoms with Gasteiger partial charge in [-0.05, 0) is 31.9 Å². The van der Waals surface area contributed by atoms with E-state index < -0.39 is 11.6 Å². The lowest BCUT2D eigenvalue weighted by atomic mass is 10.1. The summed E-state index contributed by atoms with van der Waals surface area (Å²) >= 11 is 0. The summed E-state index contributed by atoms with van der Waals surface area (Å²) in [6, 6.07) is 3.89. The van der Waals surface area contributed by atoms with Crippen LogP contribution in [-0.2, 0) is 15.9 Å². The molecule has 2 N–H and O–H groups in total. The summed E-state index contributed by atoms with van der Waals surface area (Å²) in [6.07, 6.45) is 2.44. The van der Waals surface area contributed by atoms with E-state index in [9.17, 15) is 8.78 Å². The van der Waals surface area contributed by atoms with Crippen molar-refractivity contribution in [3.63, 3.8) is 0 Å². The quantitative estimate of drug-likeness (QED) is 0.318. The second-order valence-corrected chi connectivity index (χ2v) is 5.72. The fraction of sp³-hybridized carbons (Fsp3) is 0.632. The van der Waals surface area contributed by atoms with Crippen LogP contribution in [-0.4, -0.2) is 52.0 Å². The Morgan fingerprint density at radius 3 is 2.35 bits per heavy atom. The van der Waals surface area contributed by atoms with Gasteiger partial charge in [0, 0.05) is 25.3 Å². The van der Waals surface area contributed by atoms with Crippen LogP contribution in [0.1, 0.15) is 32.3 Å². The fourth-order valence-electron chi connectivity index (χ4n) is 2.21. The molecule has 0 aromatic heterocycles. The molecule has 0 radical (unpaired) electrons. The van der Waals surface area contributed by atoms with Crippen LogP contribution in [0.3, 0.4) is 0 Å². The number of unbranched alkanes of at least 4 members (excludes halogenated alkanes) is 1. The summed E-state index contributed by atoms with van der Waals surface area (Å²) in [6.45, 7) is 8.08. The van der Waals surface area contributed by atoms with E-state index in [1.165, 1.54) is 18.2 Å². The number of nitrogens with one attached hydrogen (secondary N) is 2. The van der Waals surface area contributed by atoms with E-state index in [1.54, 1.807) is 0 Å².